The Kier molecular flexibility index (Phi) is 6.54. The van der Waals surface area contributed by atoms with Gasteiger partial charge in [-0.2, -0.15) is 0 Å². The van der Waals surface area contributed by atoms with Crippen LogP contribution in [0.1, 0.15) is 45.1 Å². The summed E-state index contributed by atoms with van der Waals surface area (Å²) in [6.07, 6.45) is 2.79. The highest BCUT2D eigenvalue weighted by atomic mass is 32.2. The number of aliphatic hydroxyl groups excluding tert-OH is 1. The van der Waals surface area contributed by atoms with Gasteiger partial charge in [0.25, 0.3) is 0 Å². The fourth-order valence-electron chi connectivity index (χ4n) is 5.85. The van der Waals surface area contributed by atoms with Gasteiger partial charge in [-0.1, -0.05) is 37.3 Å². The molecule has 2 bridgehead atoms. The van der Waals surface area contributed by atoms with Crippen molar-refractivity contribution in [1.82, 2.24) is 15.5 Å². The number of likely N-dealkylation sites (tertiary alicyclic amines) is 1. The van der Waals surface area contributed by atoms with E-state index < -0.39 is 22.6 Å². The lowest BCUT2D eigenvalue weighted by Gasteiger charge is -2.34. The van der Waals surface area contributed by atoms with Crippen LogP contribution < -0.4 is 10.6 Å². The van der Waals surface area contributed by atoms with Gasteiger partial charge < -0.3 is 20.6 Å². The summed E-state index contributed by atoms with van der Waals surface area (Å²) in [5, 5.41) is 15.4. The number of rotatable bonds is 9. The molecule has 2 unspecified atom stereocenters. The molecule has 4 rings (SSSR count). The molecule has 1 aromatic carbocycles. The Balaban J connectivity index is 1.63. The molecule has 32 heavy (non-hydrogen) atoms. The van der Waals surface area contributed by atoms with E-state index in [1.54, 1.807) is 16.7 Å². The highest BCUT2D eigenvalue weighted by molar-refractivity contribution is 8.02. The summed E-state index contributed by atoms with van der Waals surface area (Å²) in [5.41, 5.74) is 0.994. The van der Waals surface area contributed by atoms with Crippen molar-refractivity contribution in [2.45, 2.75) is 61.6 Å². The molecule has 3 aliphatic rings. The summed E-state index contributed by atoms with van der Waals surface area (Å²) in [6.45, 7) is 5.32. The van der Waals surface area contributed by atoms with Crippen LogP contribution in [0.15, 0.2) is 30.3 Å². The summed E-state index contributed by atoms with van der Waals surface area (Å²) in [6, 6.07) is 9.06. The largest absolute Gasteiger partial charge is 0.396 e. The quantitative estimate of drug-likeness (QED) is 0.522. The van der Waals surface area contributed by atoms with Gasteiger partial charge in [0.2, 0.25) is 17.7 Å². The number of nitrogens with zero attached hydrogens (tertiary/aromatic N) is 1. The summed E-state index contributed by atoms with van der Waals surface area (Å²) < 4.78 is -0.949. The van der Waals surface area contributed by atoms with E-state index in [1.165, 1.54) is 0 Å². The normalized spacial score (nSPS) is 32.8. The maximum atomic E-state index is 13.7. The Bertz CT molecular complexity index is 881. The minimum absolute atomic E-state index is 0.0505. The van der Waals surface area contributed by atoms with Crippen LogP contribution in [0.2, 0.25) is 0 Å². The highest BCUT2D eigenvalue weighted by Gasteiger charge is 2.76. The first-order valence-electron chi connectivity index (χ1n) is 11.6. The standard InChI is InChI=1S/C24H33N3O4S/c1-3-12-25-20(29)17-18-22(31)27(13-7-14-28)19(24(18)11-10-23(17,2)32-24)21(30)26-15-16-8-5-4-6-9-16/h4-6,8-9,17-19,28H,3,7,10-15H2,1-2H3,(H,25,29)(H,26,30)/t17-,18+,19?,23+,24?/m1/s1. The minimum atomic E-state index is -0.633. The number of thioether (sulfide) groups is 1. The highest BCUT2D eigenvalue weighted by Crippen LogP contribution is 2.71. The smallest absolute Gasteiger partial charge is 0.244 e. The van der Waals surface area contributed by atoms with Crippen molar-refractivity contribution < 1.29 is 19.5 Å². The van der Waals surface area contributed by atoms with E-state index in [1.807, 2.05) is 37.3 Å². The van der Waals surface area contributed by atoms with Crippen LogP contribution in [0.4, 0.5) is 0 Å². The van der Waals surface area contributed by atoms with Gasteiger partial charge in [-0.15, -0.1) is 11.8 Å². The van der Waals surface area contributed by atoms with Crippen molar-refractivity contribution in [3.8, 4) is 0 Å². The summed E-state index contributed by atoms with van der Waals surface area (Å²) in [4.78, 5) is 42.0. The molecule has 5 atom stereocenters. The van der Waals surface area contributed by atoms with Crippen LogP contribution in [0.3, 0.4) is 0 Å². The summed E-state index contributed by atoms with van der Waals surface area (Å²) >= 11 is 1.67. The Morgan fingerprint density at radius 2 is 1.94 bits per heavy atom. The van der Waals surface area contributed by atoms with E-state index in [2.05, 4.69) is 17.6 Å². The lowest BCUT2D eigenvalue weighted by molar-refractivity contribution is -0.140. The SMILES string of the molecule is CCCNC(=O)[C@H]1[C@H]2C(=O)N(CCCO)C(C(=O)NCc3ccccc3)C23CC[C@]1(C)S3. The van der Waals surface area contributed by atoms with Crippen LogP contribution in [-0.2, 0) is 20.9 Å². The van der Waals surface area contributed by atoms with Crippen LogP contribution in [-0.4, -0.2) is 63.0 Å². The second-order valence-corrected chi connectivity index (χ2v) is 11.2. The average molecular weight is 460 g/mol. The number of benzene rings is 1. The fraction of sp³-hybridized carbons (Fsp3) is 0.625. The molecule has 0 saturated carbocycles. The van der Waals surface area contributed by atoms with Crippen molar-refractivity contribution in [1.29, 1.82) is 0 Å². The molecule has 3 aliphatic heterocycles. The van der Waals surface area contributed by atoms with Crippen LogP contribution in [0.5, 0.6) is 0 Å². The number of amides is 3. The molecule has 0 aliphatic carbocycles. The maximum absolute atomic E-state index is 13.7. The molecule has 7 nitrogen and oxygen atoms in total. The van der Waals surface area contributed by atoms with E-state index >= 15 is 0 Å². The molecular formula is C24H33N3O4S. The molecule has 0 aromatic heterocycles. The number of aliphatic hydroxyl groups is 1. The van der Waals surface area contributed by atoms with E-state index in [4.69, 9.17) is 0 Å². The van der Waals surface area contributed by atoms with Crippen molar-refractivity contribution >= 4 is 29.5 Å². The predicted molar refractivity (Wildman–Crippen MR) is 124 cm³/mol. The predicted octanol–water partition coefficient (Wildman–Crippen LogP) is 1.69. The van der Waals surface area contributed by atoms with Crippen LogP contribution >= 0.6 is 11.8 Å². The molecule has 1 aromatic rings. The Morgan fingerprint density at radius 1 is 1.19 bits per heavy atom. The van der Waals surface area contributed by atoms with Crippen LogP contribution in [0, 0.1) is 11.8 Å². The Labute approximate surface area is 193 Å². The second kappa shape index (κ2) is 9.06. The third-order valence-electron chi connectivity index (χ3n) is 7.22. The Morgan fingerprint density at radius 3 is 2.62 bits per heavy atom. The molecular weight excluding hydrogens is 426 g/mol. The average Bonchev–Trinajstić information content (AvgIpc) is 3.36. The van der Waals surface area contributed by atoms with E-state index in [0.717, 1.165) is 24.8 Å². The number of carbonyl (C=O) groups excluding carboxylic acids is 3. The minimum Gasteiger partial charge on any atom is -0.396 e. The molecule has 0 radical (unpaired) electrons. The monoisotopic (exact) mass is 459 g/mol. The van der Waals surface area contributed by atoms with Gasteiger partial charge in [0, 0.05) is 31.0 Å². The molecule has 1 spiro atoms. The van der Waals surface area contributed by atoms with E-state index in [0.29, 0.717) is 26.1 Å². The zero-order valence-corrected chi connectivity index (χ0v) is 19.6. The first-order chi connectivity index (χ1) is 15.4. The Hall–Kier alpha value is -2.06. The third kappa shape index (κ3) is 3.71. The molecule has 3 fully saturated rings. The van der Waals surface area contributed by atoms with Crippen molar-refractivity contribution in [3.05, 3.63) is 35.9 Å². The molecule has 3 heterocycles. The first kappa shape index (κ1) is 23.1. The molecule has 3 saturated heterocycles. The second-order valence-electron chi connectivity index (χ2n) is 9.33. The molecule has 3 amide bonds. The topological polar surface area (TPSA) is 98.7 Å². The van der Waals surface area contributed by atoms with Crippen molar-refractivity contribution in [2.75, 3.05) is 19.7 Å². The van der Waals surface area contributed by atoms with E-state index in [9.17, 15) is 19.5 Å². The number of hydrogen-bond donors (Lipinski definition) is 3. The third-order valence-corrected chi connectivity index (χ3v) is 9.21. The van der Waals surface area contributed by atoms with Gasteiger partial charge in [0.1, 0.15) is 6.04 Å². The van der Waals surface area contributed by atoms with Gasteiger partial charge in [0.15, 0.2) is 0 Å². The van der Waals surface area contributed by atoms with Gasteiger partial charge >= 0.3 is 0 Å². The van der Waals surface area contributed by atoms with Gasteiger partial charge in [-0.25, -0.2) is 0 Å². The van der Waals surface area contributed by atoms with Gasteiger partial charge in [-0.3, -0.25) is 14.4 Å². The van der Waals surface area contributed by atoms with E-state index in [-0.39, 0.29) is 29.1 Å². The number of hydrogen-bond acceptors (Lipinski definition) is 5. The molecule has 174 valence electrons. The lowest BCUT2D eigenvalue weighted by atomic mass is 9.66. The maximum Gasteiger partial charge on any atom is 0.244 e. The summed E-state index contributed by atoms with van der Waals surface area (Å²) in [5.74, 6) is -1.31. The number of carbonyl (C=O) groups is 3. The molecule has 8 heteroatoms. The van der Waals surface area contributed by atoms with Crippen LogP contribution in [0.25, 0.3) is 0 Å². The van der Waals surface area contributed by atoms with Gasteiger partial charge in [0.05, 0.1) is 16.6 Å². The summed E-state index contributed by atoms with van der Waals surface area (Å²) in [7, 11) is 0. The lowest BCUT2D eigenvalue weighted by Crippen LogP contribution is -2.54. The fourth-order valence-corrected chi connectivity index (χ4v) is 8.20. The zero-order valence-electron chi connectivity index (χ0n) is 18.8. The number of nitrogens with one attached hydrogen (secondary N) is 2. The van der Waals surface area contributed by atoms with Gasteiger partial charge in [-0.05, 0) is 38.2 Å². The molecule has 3 N–H and O–H groups in total. The zero-order chi connectivity index (χ0) is 22.9. The first-order valence-corrected chi connectivity index (χ1v) is 12.4. The number of fused-ring (bicyclic) bond motifs is 1. The van der Waals surface area contributed by atoms with Crippen molar-refractivity contribution in [3.63, 3.8) is 0 Å². The van der Waals surface area contributed by atoms with Crippen molar-refractivity contribution in [2.24, 2.45) is 11.8 Å².